The van der Waals surface area contributed by atoms with Crippen LogP contribution in [0.3, 0.4) is 0 Å². The van der Waals surface area contributed by atoms with Crippen LogP contribution < -0.4 is 0 Å². The summed E-state index contributed by atoms with van der Waals surface area (Å²) in [5.41, 5.74) is 0.260. The van der Waals surface area contributed by atoms with Crippen LogP contribution in [0.1, 0.15) is 38.4 Å². The van der Waals surface area contributed by atoms with Gasteiger partial charge in [0.05, 0.1) is 44.0 Å². The number of para-hydroxylation sites is 1. The first-order valence-corrected chi connectivity index (χ1v) is 11.0. The van der Waals surface area contributed by atoms with Crippen molar-refractivity contribution in [2.45, 2.75) is 32.9 Å². The summed E-state index contributed by atoms with van der Waals surface area (Å²) in [7, 11) is 0. The fourth-order valence-electron chi connectivity index (χ4n) is 4.03. The highest BCUT2D eigenvalue weighted by Crippen LogP contribution is 2.43. The second-order valence-electron chi connectivity index (χ2n) is 7.61. The molecule has 1 N–H and O–H groups in total. The Bertz CT molecular complexity index is 1260. The predicted octanol–water partition coefficient (Wildman–Crippen LogP) is 3.53. The molecular weight excluding hydrogens is 446 g/mol. The molecule has 4 rings (SSSR count). The molecule has 33 heavy (non-hydrogen) atoms. The summed E-state index contributed by atoms with van der Waals surface area (Å²) in [5.74, 6) is -1.97. The molecule has 1 atom stereocenters. The SMILES string of the molecule is Cc1nc(C)c(C(=O)C2=C(O)C(=O)N(CCCn3ccnc3)C2c2ccccc2[N+](=O)[O-])s1. The first-order chi connectivity index (χ1) is 15.8. The largest absolute Gasteiger partial charge is 0.503 e. The van der Waals surface area contributed by atoms with Crippen molar-refractivity contribution in [3.05, 3.63) is 85.6 Å². The highest BCUT2D eigenvalue weighted by atomic mass is 32.1. The van der Waals surface area contributed by atoms with Crippen LogP contribution in [-0.2, 0) is 11.3 Å². The van der Waals surface area contributed by atoms with E-state index >= 15 is 0 Å². The summed E-state index contributed by atoms with van der Waals surface area (Å²) in [6.07, 6.45) is 5.56. The van der Waals surface area contributed by atoms with Gasteiger partial charge in [0.25, 0.3) is 11.6 Å². The van der Waals surface area contributed by atoms with Crippen molar-refractivity contribution in [2.24, 2.45) is 0 Å². The van der Waals surface area contributed by atoms with Gasteiger partial charge >= 0.3 is 0 Å². The van der Waals surface area contributed by atoms with Crippen molar-refractivity contribution in [2.75, 3.05) is 6.54 Å². The van der Waals surface area contributed by atoms with Crippen LogP contribution in [-0.4, -0.2) is 47.7 Å². The molecule has 0 bridgehead atoms. The third-order valence-electron chi connectivity index (χ3n) is 5.46. The maximum Gasteiger partial charge on any atom is 0.290 e. The Hall–Kier alpha value is -3.86. The van der Waals surface area contributed by atoms with Crippen LogP contribution in [0.25, 0.3) is 0 Å². The summed E-state index contributed by atoms with van der Waals surface area (Å²) in [4.78, 5) is 47.6. The van der Waals surface area contributed by atoms with Crippen molar-refractivity contribution in [1.29, 1.82) is 0 Å². The molecule has 2 aromatic heterocycles. The number of thiazole rings is 1. The van der Waals surface area contributed by atoms with E-state index in [1.54, 1.807) is 38.6 Å². The number of Topliss-reactive ketones (excluding diaryl/α,β-unsaturated/α-hetero) is 1. The van der Waals surface area contributed by atoms with Crippen LogP contribution in [0.4, 0.5) is 5.69 Å². The molecule has 1 amide bonds. The number of nitro groups is 1. The lowest BCUT2D eigenvalue weighted by Crippen LogP contribution is -2.33. The fraction of sp³-hybridized carbons (Fsp3) is 0.273. The van der Waals surface area contributed by atoms with Crippen LogP contribution >= 0.6 is 11.3 Å². The molecule has 1 aliphatic rings. The van der Waals surface area contributed by atoms with E-state index in [0.717, 1.165) is 11.3 Å². The number of benzene rings is 1. The van der Waals surface area contributed by atoms with Gasteiger partial charge in [0.15, 0.2) is 5.76 Å². The number of rotatable bonds is 8. The smallest absolute Gasteiger partial charge is 0.290 e. The molecule has 3 heterocycles. The zero-order chi connectivity index (χ0) is 23.7. The topological polar surface area (TPSA) is 131 Å². The van der Waals surface area contributed by atoms with Crippen LogP contribution in [0, 0.1) is 24.0 Å². The Labute approximate surface area is 193 Å². The third-order valence-corrected chi connectivity index (χ3v) is 6.53. The van der Waals surface area contributed by atoms with Gasteiger partial charge in [-0.05, 0) is 26.3 Å². The van der Waals surface area contributed by atoms with Crippen LogP contribution in [0.15, 0.2) is 54.3 Å². The maximum absolute atomic E-state index is 13.5. The molecule has 0 saturated heterocycles. The molecule has 1 aliphatic heterocycles. The molecule has 1 unspecified atom stereocenters. The van der Waals surface area contributed by atoms with E-state index in [2.05, 4.69) is 9.97 Å². The van der Waals surface area contributed by atoms with Gasteiger partial charge < -0.3 is 14.6 Å². The van der Waals surface area contributed by atoms with Crippen LogP contribution in [0.5, 0.6) is 0 Å². The fourth-order valence-corrected chi connectivity index (χ4v) is 4.91. The Kier molecular flexibility index (Phi) is 6.05. The molecule has 3 aromatic rings. The number of carbonyl (C=O) groups is 2. The lowest BCUT2D eigenvalue weighted by molar-refractivity contribution is -0.385. The van der Waals surface area contributed by atoms with Crippen molar-refractivity contribution >= 4 is 28.7 Å². The highest BCUT2D eigenvalue weighted by Gasteiger charge is 2.46. The van der Waals surface area contributed by atoms with Crippen LogP contribution in [0.2, 0.25) is 0 Å². The lowest BCUT2D eigenvalue weighted by atomic mass is 9.93. The number of aryl methyl sites for hydroxylation is 3. The van der Waals surface area contributed by atoms with Gasteiger partial charge in [-0.3, -0.25) is 19.7 Å². The molecule has 0 saturated carbocycles. The first kappa shape index (κ1) is 22.3. The summed E-state index contributed by atoms with van der Waals surface area (Å²) >= 11 is 1.16. The average Bonchev–Trinajstić information content (AvgIpc) is 3.48. The Morgan fingerprint density at radius 3 is 2.67 bits per heavy atom. The monoisotopic (exact) mass is 467 g/mol. The van der Waals surface area contributed by atoms with E-state index in [1.165, 1.54) is 23.1 Å². The second-order valence-corrected chi connectivity index (χ2v) is 8.81. The van der Waals surface area contributed by atoms with E-state index in [1.807, 2.05) is 4.57 Å². The van der Waals surface area contributed by atoms with Crippen molar-refractivity contribution in [1.82, 2.24) is 19.4 Å². The number of nitrogens with zero attached hydrogens (tertiary/aromatic N) is 5. The van der Waals surface area contributed by atoms with E-state index in [4.69, 9.17) is 0 Å². The molecule has 0 radical (unpaired) electrons. The van der Waals surface area contributed by atoms with Gasteiger partial charge in [0.1, 0.15) is 0 Å². The summed E-state index contributed by atoms with van der Waals surface area (Å²) in [6.45, 7) is 4.15. The molecule has 10 nitrogen and oxygen atoms in total. The number of ketones is 1. The number of amides is 1. The second kappa shape index (κ2) is 8.94. The van der Waals surface area contributed by atoms with E-state index in [9.17, 15) is 24.8 Å². The summed E-state index contributed by atoms with van der Waals surface area (Å²) < 4.78 is 1.84. The summed E-state index contributed by atoms with van der Waals surface area (Å²) in [6, 6.07) is 4.87. The average molecular weight is 468 g/mol. The number of nitro benzene ring substituents is 1. The first-order valence-electron chi connectivity index (χ1n) is 10.2. The van der Waals surface area contributed by atoms with Gasteiger partial charge in [0, 0.05) is 31.5 Å². The number of aromatic nitrogens is 3. The minimum absolute atomic E-state index is 0.163. The highest BCUT2D eigenvalue weighted by molar-refractivity contribution is 7.14. The Balaban J connectivity index is 1.76. The van der Waals surface area contributed by atoms with Gasteiger partial charge in [0.2, 0.25) is 5.78 Å². The minimum Gasteiger partial charge on any atom is -0.503 e. The molecule has 170 valence electrons. The zero-order valence-corrected chi connectivity index (χ0v) is 18.8. The number of hydrogen-bond acceptors (Lipinski definition) is 8. The van der Waals surface area contributed by atoms with Gasteiger partial charge in [-0.2, -0.15) is 0 Å². The normalized spacial score (nSPS) is 16.0. The van der Waals surface area contributed by atoms with Gasteiger partial charge in [-0.25, -0.2) is 9.97 Å². The molecular formula is C22H21N5O5S. The number of imidazole rings is 1. The molecule has 0 aliphatic carbocycles. The Morgan fingerprint density at radius 1 is 1.27 bits per heavy atom. The third kappa shape index (κ3) is 4.14. The predicted molar refractivity (Wildman–Crippen MR) is 120 cm³/mol. The number of aliphatic hydroxyl groups excluding tert-OH is 1. The van der Waals surface area contributed by atoms with E-state index in [0.29, 0.717) is 28.5 Å². The molecule has 0 fully saturated rings. The Morgan fingerprint density at radius 2 is 2.03 bits per heavy atom. The maximum atomic E-state index is 13.5. The van der Waals surface area contributed by atoms with E-state index < -0.39 is 28.4 Å². The van der Waals surface area contributed by atoms with Gasteiger partial charge in [-0.15, -0.1) is 11.3 Å². The van der Waals surface area contributed by atoms with E-state index in [-0.39, 0.29) is 23.4 Å². The summed E-state index contributed by atoms with van der Waals surface area (Å²) in [5, 5.41) is 23.2. The van der Waals surface area contributed by atoms with Crippen molar-refractivity contribution in [3.63, 3.8) is 0 Å². The number of aliphatic hydroxyl groups is 1. The van der Waals surface area contributed by atoms with Crippen molar-refractivity contribution < 1.29 is 19.6 Å². The molecule has 0 spiro atoms. The number of hydrogen-bond donors (Lipinski definition) is 1. The zero-order valence-electron chi connectivity index (χ0n) is 18.0. The standard InChI is InChI=1S/C22H21N5O5S/c1-13-21(33-14(2)24-13)19(28)17-18(15-6-3-4-7-16(15)27(31)32)26(22(30)20(17)29)10-5-9-25-11-8-23-12-25/h3-4,6-8,11-12,18,29H,5,9-10H2,1-2H3. The van der Waals surface area contributed by atoms with Gasteiger partial charge in [-0.1, -0.05) is 12.1 Å². The molecule has 11 heteroatoms. The lowest BCUT2D eigenvalue weighted by Gasteiger charge is -2.26. The number of carbonyl (C=O) groups excluding carboxylic acids is 2. The minimum atomic E-state index is -1.09. The quantitative estimate of drug-likeness (QED) is 0.304. The van der Waals surface area contributed by atoms with Crippen molar-refractivity contribution in [3.8, 4) is 0 Å². The molecule has 1 aromatic carbocycles.